The quantitative estimate of drug-likeness (QED) is 0.157. The van der Waals surface area contributed by atoms with Gasteiger partial charge < -0.3 is 19.4 Å². The van der Waals surface area contributed by atoms with Gasteiger partial charge in [0, 0.05) is 18.5 Å². The summed E-state index contributed by atoms with van der Waals surface area (Å²) in [6.45, 7) is 0.442. The van der Waals surface area contributed by atoms with Crippen LogP contribution in [0.2, 0.25) is 0 Å². The number of hydrogen-bond acceptors (Lipinski definition) is 9. The molecule has 0 atom stereocenters. The van der Waals surface area contributed by atoms with E-state index >= 15 is 0 Å². The van der Waals surface area contributed by atoms with Gasteiger partial charge in [0.1, 0.15) is 29.7 Å². The lowest BCUT2D eigenvalue weighted by atomic mass is 10.1. The van der Waals surface area contributed by atoms with Gasteiger partial charge in [-0.25, -0.2) is 22.9 Å². The molecule has 1 saturated heterocycles. The fraction of sp³-hybridized carbons (Fsp3) is 0.111. The average molecular weight is 708 g/mol. The minimum atomic E-state index is -4.05. The van der Waals surface area contributed by atoms with E-state index in [1.54, 1.807) is 48.5 Å². The Morgan fingerprint density at radius 3 is 2.38 bits per heavy atom. The van der Waals surface area contributed by atoms with E-state index in [4.69, 9.17) is 14.5 Å². The number of fused-ring (bicyclic) bond motifs is 2. The number of carbonyl (C=O) groups is 3. The molecule has 0 aliphatic carbocycles. The number of anilines is 1. The van der Waals surface area contributed by atoms with Crippen molar-refractivity contribution in [3.05, 3.63) is 121 Å². The molecule has 1 aliphatic heterocycles. The van der Waals surface area contributed by atoms with Crippen LogP contribution in [0.15, 0.2) is 114 Å². The number of thioether (sulfide) groups is 1. The third kappa shape index (κ3) is 6.97. The summed E-state index contributed by atoms with van der Waals surface area (Å²) < 4.78 is 41.4. The summed E-state index contributed by atoms with van der Waals surface area (Å²) in [6.07, 6.45) is 0. The number of amides is 4. The summed E-state index contributed by atoms with van der Waals surface area (Å²) in [5, 5.41) is 3.89. The molecule has 1 aliphatic rings. The van der Waals surface area contributed by atoms with Gasteiger partial charge in [-0.2, -0.15) is 0 Å². The molecular formula is C36H29N5O7S2. The minimum Gasteiger partial charge on any atom is -0.486 e. The lowest BCUT2D eigenvalue weighted by Crippen LogP contribution is -2.34. The van der Waals surface area contributed by atoms with Gasteiger partial charge in [0.05, 0.1) is 33.9 Å². The molecule has 14 heteroatoms. The van der Waals surface area contributed by atoms with Gasteiger partial charge in [0.15, 0.2) is 0 Å². The highest BCUT2D eigenvalue weighted by molar-refractivity contribution is 8.14. The summed E-state index contributed by atoms with van der Waals surface area (Å²) >= 11 is 1.01. The Labute approximate surface area is 291 Å². The van der Waals surface area contributed by atoms with E-state index in [9.17, 15) is 22.8 Å². The van der Waals surface area contributed by atoms with E-state index in [2.05, 4.69) is 10.0 Å². The topological polar surface area (TPSA) is 149 Å². The molecule has 2 N–H and O–H groups in total. The van der Waals surface area contributed by atoms with Gasteiger partial charge in [-0.1, -0.05) is 60.3 Å². The third-order valence-electron chi connectivity index (χ3n) is 8.04. The first-order chi connectivity index (χ1) is 24.1. The van der Waals surface area contributed by atoms with Crippen molar-refractivity contribution in [2.24, 2.45) is 7.05 Å². The van der Waals surface area contributed by atoms with E-state index in [1.807, 2.05) is 60.1 Å². The molecule has 1 fully saturated rings. The molecule has 50 heavy (non-hydrogen) atoms. The molecular weight excluding hydrogens is 679 g/mol. The predicted octanol–water partition coefficient (Wildman–Crippen LogP) is 6.80. The van der Waals surface area contributed by atoms with Gasteiger partial charge in [-0.05, 0) is 65.5 Å². The van der Waals surface area contributed by atoms with Crippen LogP contribution in [0.25, 0.3) is 21.8 Å². The zero-order chi connectivity index (χ0) is 34.8. The fourth-order valence-electron chi connectivity index (χ4n) is 5.46. The SMILES string of the molecule is Cn1c(COc2ccc(CN3C(=O)CSC3=O)cc2)nc2ccc(Oc3ccc4cccc(NC(=O)NS(=O)(=O)c5ccccc5)c4c3)cc21. The summed E-state index contributed by atoms with van der Waals surface area (Å²) in [5.41, 5.74) is 2.82. The monoisotopic (exact) mass is 707 g/mol. The maximum Gasteiger partial charge on any atom is 0.333 e. The first-order valence-corrected chi connectivity index (χ1v) is 17.8. The van der Waals surface area contributed by atoms with E-state index in [0.717, 1.165) is 33.7 Å². The molecule has 4 amide bonds. The van der Waals surface area contributed by atoms with Gasteiger partial charge >= 0.3 is 6.03 Å². The fourth-order valence-corrected chi connectivity index (χ4v) is 7.11. The summed E-state index contributed by atoms with van der Waals surface area (Å²) in [6, 6.07) is 30.3. The van der Waals surface area contributed by atoms with E-state index in [1.165, 1.54) is 17.0 Å². The molecule has 6 aromatic rings. The van der Waals surface area contributed by atoms with Crippen LogP contribution in [0.4, 0.5) is 15.3 Å². The second kappa shape index (κ2) is 13.6. The van der Waals surface area contributed by atoms with Gasteiger partial charge in [-0.3, -0.25) is 14.5 Å². The lowest BCUT2D eigenvalue weighted by Gasteiger charge is -2.13. The van der Waals surface area contributed by atoms with E-state index in [0.29, 0.717) is 34.1 Å². The smallest absolute Gasteiger partial charge is 0.333 e. The maximum atomic E-state index is 12.7. The Morgan fingerprint density at radius 2 is 1.62 bits per heavy atom. The molecule has 0 bridgehead atoms. The molecule has 1 aromatic heterocycles. The molecule has 5 aromatic carbocycles. The molecule has 0 saturated carbocycles. The standard InChI is InChI=1S/C36H29N5O7S2/c1-40-32-19-27(16-17-31(32)37-33(40)21-47-25-13-10-23(11-14-25)20-41-34(42)22-49-36(41)44)48-26-15-12-24-6-5-9-30(29(24)18-26)38-35(43)39-50(45,46)28-7-3-2-4-8-28/h2-19H,20-22H2,1H3,(H2,38,39,43). The van der Waals surface area contributed by atoms with Crippen LogP contribution < -0.4 is 19.5 Å². The Hall–Kier alpha value is -5.86. The number of nitrogens with one attached hydrogen (secondary N) is 2. The number of nitrogens with zero attached hydrogens (tertiary/aromatic N) is 3. The summed E-state index contributed by atoms with van der Waals surface area (Å²) in [7, 11) is -2.16. The van der Waals surface area contributed by atoms with Crippen molar-refractivity contribution < 1.29 is 32.3 Å². The van der Waals surface area contributed by atoms with Crippen LogP contribution in [0, 0.1) is 0 Å². The van der Waals surface area contributed by atoms with Crippen LogP contribution in [0.1, 0.15) is 11.4 Å². The number of hydrogen-bond donors (Lipinski definition) is 2. The zero-order valence-corrected chi connectivity index (χ0v) is 28.2. The summed E-state index contributed by atoms with van der Waals surface area (Å²) in [5.74, 6) is 2.39. The second-order valence-corrected chi connectivity index (χ2v) is 14.0. The number of aryl methyl sites for hydroxylation is 1. The van der Waals surface area contributed by atoms with Crippen LogP contribution in [0.5, 0.6) is 17.2 Å². The second-order valence-electron chi connectivity index (χ2n) is 11.4. The number of benzene rings is 5. The average Bonchev–Trinajstić information content (AvgIpc) is 3.60. The van der Waals surface area contributed by atoms with Crippen molar-refractivity contribution in [3.8, 4) is 17.2 Å². The van der Waals surface area contributed by atoms with Crippen LogP contribution in [-0.2, 0) is 35.0 Å². The van der Waals surface area contributed by atoms with Crippen molar-refractivity contribution in [1.82, 2.24) is 19.2 Å². The van der Waals surface area contributed by atoms with Gasteiger partial charge in [0.25, 0.3) is 15.3 Å². The molecule has 7 rings (SSSR count). The van der Waals surface area contributed by atoms with Crippen molar-refractivity contribution in [1.29, 1.82) is 0 Å². The molecule has 0 radical (unpaired) electrons. The molecule has 2 heterocycles. The number of carbonyl (C=O) groups excluding carboxylic acids is 3. The Morgan fingerprint density at radius 1 is 0.880 bits per heavy atom. The highest BCUT2D eigenvalue weighted by Gasteiger charge is 2.29. The lowest BCUT2D eigenvalue weighted by molar-refractivity contribution is -0.125. The zero-order valence-electron chi connectivity index (χ0n) is 26.5. The third-order valence-corrected chi connectivity index (χ3v) is 10.2. The Kier molecular flexibility index (Phi) is 8.87. The number of ether oxygens (including phenoxy) is 2. The predicted molar refractivity (Wildman–Crippen MR) is 190 cm³/mol. The number of rotatable bonds is 10. The maximum absolute atomic E-state index is 12.7. The first-order valence-electron chi connectivity index (χ1n) is 15.4. The van der Waals surface area contributed by atoms with Crippen molar-refractivity contribution in [2.75, 3.05) is 11.1 Å². The highest BCUT2D eigenvalue weighted by Crippen LogP contribution is 2.32. The minimum absolute atomic E-state index is 0.0212. The highest BCUT2D eigenvalue weighted by atomic mass is 32.2. The van der Waals surface area contributed by atoms with Crippen molar-refractivity contribution >= 4 is 66.5 Å². The number of urea groups is 1. The molecule has 12 nitrogen and oxygen atoms in total. The van der Waals surface area contributed by atoms with Crippen molar-refractivity contribution in [2.45, 2.75) is 18.0 Å². The molecule has 0 spiro atoms. The van der Waals surface area contributed by atoms with Crippen LogP contribution in [-0.4, -0.2) is 45.8 Å². The number of aromatic nitrogens is 2. The Bertz CT molecular complexity index is 2360. The largest absolute Gasteiger partial charge is 0.486 e. The molecule has 0 unspecified atom stereocenters. The van der Waals surface area contributed by atoms with Gasteiger partial charge in [-0.15, -0.1) is 0 Å². The van der Waals surface area contributed by atoms with Gasteiger partial charge in [0.2, 0.25) is 5.91 Å². The number of sulfonamides is 1. The number of imidazole rings is 1. The Balaban J connectivity index is 1.02. The molecule has 252 valence electrons. The van der Waals surface area contributed by atoms with Crippen LogP contribution in [0.3, 0.4) is 0 Å². The van der Waals surface area contributed by atoms with Crippen LogP contribution >= 0.6 is 11.8 Å². The first kappa shape index (κ1) is 32.7. The van der Waals surface area contributed by atoms with E-state index in [-0.39, 0.29) is 34.9 Å². The van der Waals surface area contributed by atoms with Crippen molar-refractivity contribution in [3.63, 3.8) is 0 Å². The normalized spacial score (nSPS) is 13.2. The number of imide groups is 1. The van der Waals surface area contributed by atoms with E-state index < -0.39 is 16.1 Å². The summed E-state index contributed by atoms with van der Waals surface area (Å²) in [4.78, 5) is 42.5.